The Morgan fingerprint density at radius 1 is 1.33 bits per heavy atom. The van der Waals surface area contributed by atoms with Gasteiger partial charge in [-0.2, -0.15) is 0 Å². The van der Waals surface area contributed by atoms with Gasteiger partial charge in [-0.1, -0.05) is 11.6 Å². The second kappa shape index (κ2) is 6.50. The lowest BCUT2D eigenvalue weighted by atomic mass is 10.0. The van der Waals surface area contributed by atoms with Crippen molar-refractivity contribution in [3.63, 3.8) is 0 Å². The van der Waals surface area contributed by atoms with Crippen molar-refractivity contribution < 1.29 is 19.4 Å². The fourth-order valence-electron chi connectivity index (χ4n) is 1.84. The van der Waals surface area contributed by atoms with Crippen molar-refractivity contribution in [2.24, 2.45) is 0 Å². The van der Waals surface area contributed by atoms with E-state index in [0.717, 1.165) is 11.1 Å². The number of methoxy groups -OCH3 is 2. The lowest BCUT2D eigenvalue weighted by molar-refractivity contribution is -0.137. The Morgan fingerprint density at radius 3 is 2.44 bits per heavy atom. The highest BCUT2D eigenvalue weighted by Crippen LogP contribution is 2.39. The van der Waals surface area contributed by atoms with Gasteiger partial charge in [0.1, 0.15) is 0 Å². The molecular weight excluding hydrogens is 256 g/mol. The smallest absolute Gasteiger partial charge is 0.303 e. The number of rotatable bonds is 6. The first-order valence-corrected chi connectivity index (χ1v) is 6.00. The average molecular weight is 273 g/mol. The minimum Gasteiger partial charge on any atom is -0.493 e. The molecule has 4 nitrogen and oxygen atoms in total. The van der Waals surface area contributed by atoms with Crippen molar-refractivity contribution in [3.05, 3.63) is 22.2 Å². The van der Waals surface area contributed by atoms with Crippen molar-refractivity contribution in [3.8, 4) is 11.5 Å². The zero-order chi connectivity index (χ0) is 13.7. The molecule has 100 valence electrons. The number of aliphatic carboxylic acids is 1. The zero-order valence-corrected chi connectivity index (χ0v) is 11.5. The van der Waals surface area contributed by atoms with Crippen LogP contribution in [0.3, 0.4) is 0 Å². The van der Waals surface area contributed by atoms with E-state index in [1.165, 1.54) is 0 Å². The van der Waals surface area contributed by atoms with Crippen LogP contribution in [0.1, 0.15) is 24.0 Å². The number of carbonyl (C=O) groups is 1. The molecule has 0 spiro atoms. The molecule has 0 atom stereocenters. The van der Waals surface area contributed by atoms with Gasteiger partial charge in [-0.25, -0.2) is 0 Å². The van der Waals surface area contributed by atoms with Crippen molar-refractivity contribution >= 4 is 17.6 Å². The summed E-state index contributed by atoms with van der Waals surface area (Å²) in [4.78, 5) is 10.5. The van der Waals surface area contributed by atoms with Crippen LogP contribution in [-0.2, 0) is 11.2 Å². The monoisotopic (exact) mass is 272 g/mol. The molecule has 1 aromatic rings. The fraction of sp³-hybridized carbons (Fsp3) is 0.462. The molecule has 18 heavy (non-hydrogen) atoms. The molecule has 0 saturated carbocycles. The van der Waals surface area contributed by atoms with E-state index in [-0.39, 0.29) is 6.42 Å². The van der Waals surface area contributed by atoms with E-state index >= 15 is 0 Å². The Labute approximate surface area is 111 Å². The van der Waals surface area contributed by atoms with Crippen molar-refractivity contribution in [1.29, 1.82) is 0 Å². The Balaban J connectivity index is 3.03. The van der Waals surface area contributed by atoms with E-state index in [1.807, 2.05) is 6.92 Å². The number of halogens is 1. The van der Waals surface area contributed by atoms with E-state index in [4.69, 9.17) is 26.2 Å². The lowest BCUT2D eigenvalue weighted by Crippen LogP contribution is -2.01. The summed E-state index contributed by atoms with van der Waals surface area (Å²) in [5, 5.41) is 9.23. The molecule has 0 aliphatic rings. The van der Waals surface area contributed by atoms with Crippen LogP contribution in [0, 0.1) is 6.92 Å². The first kappa shape index (κ1) is 14.6. The molecule has 0 aliphatic carbocycles. The summed E-state index contributed by atoms with van der Waals surface area (Å²) in [6.45, 7) is 1.85. The molecule has 5 heteroatoms. The maximum atomic E-state index is 10.5. The van der Waals surface area contributed by atoms with E-state index in [9.17, 15) is 4.79 Å². The van der Waals surface area contributed by atoms with Crippen LogP contribution in [0.2, 0.25) is 5.02 Å². The molecule has 0 unspecified atom stereocenters. The summed E-state index contributed by atoms with van der Waals surface area (Å²) in [5.74, 6) is 0.430. The Kier molecular flexibility index (Phi) is 5.28. The Hall–Kier alpha value is -1.42. The molecule has 0 heterocycles. The van der Waals surface area contributed by atoms with Gasteiger partial charge in [0.05, 0.1) is 14.2 Å². The van der Waals surface area contributed by atoms with Gasteiger partial charge in [-0.15, -0.1) is 0 Å². The summed E-state index contributed by atoms with van der Waals surface area (Å²) in [6, 6.07) is 1.81. The van der Waals surface area contributed by atoms with Crippen molar-refractivity contribution in [2.45, 2.75) is 26.2 Å². The van der Waals surface area contributed by atoms with E-state index in [1.54, 1.807) is 20.3 Å². The van der Waals surface area contributed by atoms with Crippen LogP contribution in [0.4, 0.5) is 0 Å². The SMILES string of the molecule is COc1c(CCCC(=O)O)cc(Cl)c(C)c1OC. The van der Waals surface area contributed by atoms with Gasteiger partial charge in [0.15, 0.2) is 11.5 Å². The molecule has 1 N–H and O–H groups in total. The molecule has 0 fully saturated rings. The predicted molar refractivity (Wildman–Crippen MR) is 69.9 cm³/mol. The zero-order valence-electron chi connectivity index (χ0n) is 10.7. The normalized spacial score (nSPS) is 10.2. The molecule has 0 aliphatic heterocycles. The molecule has 1 aromatic carbocycles. The first-order valence-electron chi connectivity index (χ1n) is 5.63. The number of carboxylic acid groups (broad SMARTS) is 1. The van der Waals surface area contributed by atoms with Gasteiger partial charge in [-0.3, -0.25) is 4.79 Å². The molecule has 0 saturated heterocycles. The van der Waals surface area contributed by atoms with Gasteiger partial charge in [0.25, 0.3) is 0 Å². The van der Waals surface area contributed by atoms with Crippen LogP contribution in [-0.4, -0.2) is 25.3 Å². The van der Waals surface area contributed by atoms with Crippen LogP contribution in [0.15, 0.2) is 6.07 Å². The third kappa shape index (κ3) is 3.29. The Bertz CT molecular complexity index is 443. The highest BCUT2D eigenvalue weighted by Gasteiger charge is 2.16. The molecule has 0 radical (unpaired) electrons. The molecule has 0 bridgehead atoms. The van der Waals surface area contributed by atoms with Gasteiger partial charge < -0.3 is 14.6 Å². The summed E-state index contributed by atoms with van der Waals surface area (Å²) >= 11 is 6.12. The number of benzene rings is 1. The predicted octanol–water partition coefficient (Wildman–Crippen LogP) is 3.07. The highest BCUT2D eigenvalue weighted by molar-refractivity contribution is 6.31. The van der Waals surface area contributed by atoms with Crippen LogP contribution < -0.4 is 9.47 Å². The van der Waals surface area contributed by atoms with E-state index in [2.05, 4.69) is 0 Å². The molecule has 0 amide bonds. The highest BCUT2D eigenvalue weighted by atomic mass is 35.5. The fourth-order valence-corrected chi connectivity index (χ4v) is 2.05. The third-order valence-electron chi connectivity index (χ3n) is 2.74. The molecule has 1 rings (SSSR count). The van der Waals surface area contributed by atoms with Gasteiger partial charge in [-0.05, 0) is 31.4 Å². The van der Waals surface area contributed by atoms with Gasteiger partial charge in [0, 0.05) is 17.0 Å². The average Bonchev–Trinajstić information content (AvgIpc) is 2.32. The third-order valence-corrected chi connectivity index (χ3v) is 3.14. The van der Waals surface area contributed by atoms with Crippen molar-refractivity contribution in [2.75, 3.05) is 14.2 Å². The molecule has 0 aromatic heterocycles. The second-order valence-electron chi connectivity index (χ2n) is 3.96. The summed E-state index contributed by atoms with van der Waals surface area (Å²) in [6.07, 6.45) is 1.25. The maximum Gasteiger partial charge on any atom is 0.303 e. The topological polar surface area (TPSA) is 55.8 Å². The van der Waals surface area contributed by atoms with E-state index in [0.29, 0.717) is 29.4 Å². The van der Waals surface area contributed by atoms with Gasteiger partial charge in [0.2, 0.25) is 0 Å². The van der Waals surface area contributed by atoms with Crippen molar-refractivity contribution in [1.82, 2.24) is 0 Å². The number of hydrogen-bond donors (Lipinski definition) is 1. The second-order valence-corrected chi connectivity index (χ2v) is 4.36. The summed E-state index contributed by atoms with van der Waals surface area (Å²) in [5.41, 5.74) is 1.68. The standard InChI is InChI=1S/C13H17ClO4/c1-8-10(14)7-9(5-4-6-11(15)16)13(18-3)12(8)17-2/h7H,4-6H2,1-3H3,(H,15,16). The molecular formula is C13H17ClO4. The van der Waals surface area contributed by atoms with Crippen LogP contribution in [0.5, 0.6) is 11.5 Å². The Morgan fingerprint density at radius 2 is 1.94 bits per heavy atom. The van der Waals surface area contributed by atoms with Crippen LogP contribution >= 0.6 is 11.6 Å². The summed E-state index contributed by atoms with van der Waals surface area (Å²) < 4.78 is 10.6. The largest absolute Gasteiger partial charge is 0.493 e. The number of ether oxygens (including phenoxy) is 2. The minimum absolute atomic E-state index is 0.122. The van der Waals surface area contributed by atoms with Crippen LogP contribution in [0.25, 0.3) is 0 Å². The summed E-state index contributed by atoms with van der Waals surface area (Å²) in [7, 11) is 3.12. The quantitative estimate of drug-likeness (QED) is 0.865. The first-order chi connectivity index (χ1) is 8.51. The van der Waals surface area contributed by atoms with Gasteiger partial charge >= 0.3 is 5.97 Å². The lowest BCUT2D eigenvalue weighted by Gasteiger charge is -2.16. The number of carboxylic acids is 1. The number of hydrogen-bond acceptors (Lipinski definition) is 3. The minimum atomic E-state index is -0.806. The maximum absolute atomic E-state index is 10.5. The van der Waals surface area contributed by atoms with E-state index < -0.39 is 5.97 Å². The number of aryl methyl sites for hydroxylation is 1.